The Labute approximate surface area is 87.5 Å². The summed E-state index contributed by atoms with van der Waals surface area (Å²) in [5.41, 5.74) is 0.108. The Morgan fingerprint density at radius 3 is 2.29 bits per heavy atom. The first kappa shape index (κ1) is 11.7. The van der Waals surface area contributed by atoms with Gasteiger partial charge in [-0.2, -0.15) is 0 Å². The first-order chi connectivity index (χ1) is 6.62. The van der Waals surface area contributed by atoms with Crippen LogP contribution in [-0.2, 0) is 4.79 Å². The Morgan fingerprint density at radius 1 is 1.29 bits per heavy atom. The molecule has 1 fully saturated rings. The number of hydrogen-bond acceptors (Lipinski definition) is 2. The lowest BCUT2D eigenvalue weighted by atomic mass is 9.67. The van der Waals surface area contributed by atoms with Crippen molar-refractivity contribution in [3.05, 3.63) is 0 Å². The molecule has 0 bridgehead atoms. The Balaban J connectivity index is 2.65. The SMILES string of the molecule is CN[C@H](C=O)C(C)(C)C1CCCCC1. The van der Waals surface area contributed by atoms with Crippen LogP contribution in [0.25, 0.3) is 0 Å². The quantitative estimate of drug-likeness (QED) is 0.701. The molecule has 14 heavy (non-hydrogen) atoms. The molecule has 0 aliphatic heterocycles. The average Bonchev–Trinajstić information content (AvgIpc) is 2.20. The van der Waals surface area contributed by atoms with Crippen LogP contribution in [0.4, 0.5) is 0 Å². The molecular formula is C12H23NO. The molecule has 82 valence electrons. The Bertz CT molecular complexity index is 183. The summed E-state index contributed by atoms with van der Waals surface area (Å²) in [5.74, 6) is 0.707. The molecule has 2 nitrogen and oxygen atoms in total. The molecule has 0 heterocycles. The van der Waals surface area contributed by atoms with Gasteiger partial charge in [0.1, 0.15) is 6.29 Å². The van der Waals surface area contributed by atoms with Gasteiger partial charge in [0.25, 0.3) is 0 Å². The maximum Gasteiger partial charge on any atom is 0.137 e. The van der Waals surface area contributed by atoms with Crippen LogP contribution in [0.2, 0.25) is 0 Å². The van der Waals surface area contributed by atoms with Gasteiger partial charge in [-0.25, -0.2) is 0 Å². The molecular weight excluding hydrogens is 174 g/mol. The molecule has 2 heteroatoms. The second kappa shape index (κ2) is 4.92. The van der Waals surface area contributed by atoms with Crippen molar-refractivity contribution in [1.82, 2.24) is 5.32 Å². The number of aldehydes is 1. The lowest BCUT2D eigenvalue weighted by molar-refractivity contribution is -0.113. The summed E-state index contributed by atoms with van der Waals surface area (Å²) < 4.78 is 0. The van der Waals surface area contributed by atoms with Crippen molar-refractivity contribution in [3.63, 3.8) is 0 Å². The van der Waals surface area contributed by atoms with Gasteiger partial charge in [0.15, 0.2) is 0 Å². The molecule has 1 atom stereocenters. The predicted molar refractivity (Wildman–Crippen MR) is 59.3 cm³/mol. The fourth-order valence-electron chi connectivity index (χ4n) is 2.72. The third kappa shape index (κ3) is 2.35. The summed E-state index contributed by atoms with van der Waals surface area (Å²) in [6, 6.07) is 0.00519. The molecule has 0 saturated heterocycles. The molecule has 0 aromatic rings. The summed E-state index contributed by atoms with van der Waals surface area (Å²) in [4.78, 5) is 11.0. The lowest BCUT2D eigenvalue weighted by Gasteiger charge is -2.40. The van der Waals surface area contributed by atoms with Gasteiger partial charge in [0.2, 0.25) is 0 Å². The van der Waals surface area contributed by atoms with E-state index in [1.165, 1.54) is 32.1 Å². The van der Waals surface area contributed by atoms with Gasteiger partial charge in [0.05, 0.1) is 6.04 Å². The van der Waals surface area contributed by atoms with Gasteiger partial charge >= 0.3 is 0 Å². The van der Waals surface area contributed by atoms with Crippen LogP contribution in [0.15, 0.2) is 0 Å². The maximum atomic E-state index is 11.0. The van der Waals surface area contributed by atoms with Crippen LogP contribution in [0, 0.1) is 11.3 Å². The zero-order chi connectivity index (χ0) is 10.6. The third-order valence-electron chi connectivity index (χ3n) is 3.91. The summed E-state index contributed by atoms with van der Waals surface area (Å²) >= 11 is 0. The molecule has 0 radical (unpaired) electrons. The Morgan fingerprint density at radius 2 is 1.86 bits per heavy atom. The molecule has 0 aromatic heterocycles. The molecule has 0 unspecified atom stereocenters. The lowest BCUT2D eigenvalue weighted by Crippen LogP contribution is -2.46. The van der Waals surface area contributed by atoms with Gasteiger partial charge in [-0.05, 0) is 31.2 Å². The van der Waals surface area contributed by atoms with Crippen LogP contribution in [0.3, 0.4) is 0 Å². The molecule has 0 spiro atoms. The number of nitrogens with one attached hydrogen (secondary N) is 1. The van der Waals surface area contributed by atoms with E-state index < -0.39 is 0 Å². The van der Waals surface area contributed by atoms with Crippen molar-refractivity contribution in [2.24, 2.45) is 11.3 Å². The van der Waals surface area contributed by atoms with Gasteiger partial charge in [-0.1, -0.05) is 33.1 Å². The molecule has 1 aliphatic carbocycles. The number of likely N-dealkylation sites (N-methyl/N-ethyl adjacent to an activating group) is 1. The van der Waals surface area contributed by atoms with E-state index in [4.69, 9.17) is 0 Å². The number of carbonyl (C=O) groups excluding carboxylic acids is 1. The van der Waals surface area contributed by atoms with Crippen molar-refractivity contribution < 1.29 is 4.79 Å². The standard InChI is InChI=1S/C12H23NO/c1-12(2,11(9-14)13-3)10-7-5-4-6-8-10/h9-11,13H,4-8H2,1-3H3/t11-/m1/s1. The zero-order valence-corrected chi connectivity index (χ0v) is 9.68. The van der Waals surface area contributed by atoms with Crippen LogP contribution in [0.5, 0.6) is 0 Å². The summed E-state index contributed by atoms with van der Waals surface area (Å²) in [6.07, 6.45) is 7.69. The first-order valence-corrected chi connectivity index (χ1v) is 5.75. The van der Waals surface area contributed by atoms with E-state index in [0.717, 1.165) is 6.29 Å². The highest BCUT2D eigenvalue weighted by Crippen LogP contribution is 2.39. The van der Waals surface area contributed by atoms with Gasteiger partial charge in [-0.15, -0.1) is 0 Å². The average molecular weight is 197 g/mol. The van der Waals surface area contributed by atoms with Crippen LogP contribution < -0.4 is 5.32 Å². The topological polar surface area (TPSA) is 29.1 Å². The number of rotatable bonds is 4. The van der Waals surface area contributed by atoms with Crippen LogP contribution in [-0.4, -0.2) is 19.4 Å². The Hall–Kier alpha value is -0.370. The van der Waals surface area contributed by atoms with E-state index in [1.807, 2.05) is 7.05 Å². The van der Waals surface area contributed by atoms with Crippen molar-refractivity contribution in [1.29, 1.82) is 0 Å². The molecule has 1 aliphatic rings. The first-order valence-electron chi connectivity index (χ1n) is 5.75. The van der Waals surface area contributed by atoms with Crippen LogP contribution >= 0.6 is 0 Å². The summed E-state index contributed by atoms with van der Waals surface area (Å²) in [6.45, 7) is 4.44. The van der Waals surface area contributed by atoms with E-state index in [9.17, 15) is 4.79 Å². The molecule has 0 aromatic carbocycles. The highest BCUT2D eigenvalue weighted by atomic mass is 16.1. The minimum absolute atomic E-state index is 0.00519. The van der Waals surface area contributed by atoms with E-state index in [-0.39, 0.29) is 11.5 Å². The van der Waals surface area contributed by atoms with Gasteiger partial charge in [0, 0.05) is 0 Å². The van der Waals surface area contributed by atoms with Crippen LogP contribution in [0.1, 0.15) is 46.0 Å². The van der Waals surface area contributed by atoms with E-state index >= 15 is 0 Å². The van der Waals surface area contributed by atoms with E-state index in [2.05, 4.69) is 19.2 Å². The van der Waals surface area contributed by atoms with Crippen molar-refractivity contribution in [3.8, 4) is 0 Å². The molecule has 1 N–H and O–H groups in total. The summed E-state index contributed by atoms with van der Waals surface area (Å²) in [7, 11) is 1.88. The number of hydrogen-bond donors (Lipinski definition) is 1. The summed E-state index contributed by atoms with van der Waals surface area (Å²) in [5, 5.41) is 3.12. The zero-order valence-electron chi connectivity index (χ0n) is 9.68. The minimum Gasteiger partial charge on any atom is -0.310 e. The van der Waals surface area contributed by atoms with Gasteiger partial charge in [-0.3, -0.25) is 0 Å². The fraction of sp³-hybridized carbons (Fsp3) is 0.917. The minimum atomic E-state index is 0.00519. The predicted octanol–water partition coefficient (Wildman–Crippen LogP) is 2.38. The number of carbonyl (C=O) groups is 1. The molecule has 1 saturated carbocycles. The monoisotopic (exact) mass is 197 g/mol. The van der Waals surface area contributed by atoms with E-state index in [1.54, 1.807) is 0 Å². The van der Waals surface area contributed by atoms with Crippen molar-refractivity contribution in [2.75, 3.05) is 7.05 Å². The van der Waals surface area contributed by atoms with E-state index in [0.29, 0.717) is 5.92 Å². The highest BCUT2D eigenvalue weighted by molar-refractivity contribution is 5.59. The molecule has 0 amide bonds. The molecule has 1 rings (SSSR count). The van der Waals surface area contributed by atoms with Gasteiger partial charge < -0.3 is 10.1 Å². The Kier molecular flexibility index (Phi) is 4.11. The second-order valence-corrected chi connectivity index (χ2v) is 5.06. The third-order valence-corrected chi connectivity index (χ3v) is 3.91. The fourth-order valence-corrected chi connectivity index (χ4v) is 2.72. The van der Waals surface area contributed by atoms with Crippen molar-refractivity contribution in [2.45, 2.75) is 52.0 Å². The highest BCUT2D eigenvalue weighted by Gasteiger charge is 2.36. The maximum absolute atomic E-state index is 11.0. The largest absolute Gasteiger partial charge is 0.310 e. The van der Waals surface area contributed by atoms with Crippen molar-refractivity contribution >= 4 is 6.29 Å². The normalized spacial score (nSPS) is 21.9. The second-order valence-electron chi connectivity index (χ2n) is 5.06. The smallest absolute Gasteiger partial charge is 0.137 e.